The van der Waals surface area contributed by atoms with E-state index in [1.807, 2.05) is 18.2 Å². The van der Waals surface area contributed by atoms with Gasteiger partial charge in [0.25, 0.3) is 0 Å². The zero-order valence-electron chi connectivity index (χ0n) is 11.0. The van der Waals surface area contributed by atoms with E-state index in [1.165, 1.54) is 11.8 Å². The first kappa shape index (κ1) is 15.5. The predicted molar refractivity (Wildman–Crippen MR) is 82.2 cm³/mol. The third-order valence-corrected chi connectivity index (χ3v) is 4.04. The van der Waals surface area contributed by atoms with E-state index < -0.39 is 4.92 Å². The molecule has 1 aromatic heterocycles. The van der Waals surface area contributed by atoms with Crippen molar-refractivity contribution in [3.8, 4) is 0 Å². The Labute approximate surface area is 130 Å². The van der Waals surface area contributed by atoms with Crippen LogP contribution in [0.15, 0.2) is 29.3 Å². The number of nitrogens with zero attached hydrogens (tertiary/aromatic N) is 3. The minimum atomic E-state index is -0.495. The molecule has 9 heteroatoms. The van der Waals surface area contributed by atoms with E-state index in [0.717, 1.165) is 5.56 Å². The Morgan fingerprint density at radius 3 is 2.76 bits per heavy atom. The van der Waals surface area contributed by atoms with Crippen LogP contribution in [0.2, 0.25) is 5.02 Å². The van der Waals surface area contributed by atoms with Gasteiger partial charge in [-0.25, -0.2) is 10.8 Å². The minimum absolute atomic E-state index is 0.119. The van der Waals surface area contributed by atoms with Crippen molar-refractivity contribution in [3.63, 3.8) is 0 Å². The van der Waals surface area contributed by atoms with Crippen molar-refractivity contribution in [1.82, 2.24) is 9.97 Å². The van der Waals surface area contributed by atoms with Crippen LogP contribution in [0.25, 0.3) is 0 Å². The van der Waals surface area contributed by atoms with Crippen molar-refractivity contribution in [2.45, 2.75) is 17.7 Å². The second-order valence-corrected chi connectivity index (χ2v) is 5.44. The van der Waals surface area contributed by atoms with Crippen molar-refractivity contribution in [2.75, 3.05) is 5.43 Å². The van der Waals surface area contributed by atoms with Gasteiger partial charge >= 0.3 is 5.69 Å². The highest BCUT2D eigenvalue weighted by molar-refractivity contribution is 7.98. The lowest BCUT2D eigenvalue weighted by atomic mass is 10.2. The summed E-state index contributed by atoms with van der Waals surface area (Å²) in [4.78, 5) is 18.6. The number of hydrogen-bond acceptors (Lipinski definition) is 7. The first-order valence-corrected chi connectivity index (χ1v) is 7.25. The van der Waals surface area contributed by atoms with Gasteiger partial charge in [0.2, 0.25) is 5.95 Å². The van der Waals surface area contributed by atoms with Crippen molar-refractivity contribution < 1.29 is 4.92 Å². The fourth-order valence-electron chi connectivity index (χ4n) is 1.68. The fourth-order valence-corrected chi connectivity index (χ4v) is 3.01. The third kappa shape index (κ3) is 3.60. The second-order valence-electron chi connectivity index (χ2n) is 4.07. The molecular formula is C12H12ClN5O2S. The molecule has 0 saturated carbocycles. The summed E-state index contributed by atoms with van der Waals surface area (Å²) in [5.74, 6) is 5.87. The Morgan fingerprint density at radius 1 is 1.43 bits per heavy atom. The Bertz CT molecular complexity index is 683. The smallest absolute Gasteiger partial charge is 0.292 e. The Hall–Kier alpha value is -1.90. The number of hydrazine groups is 1. The normalized spacial score (nSPS) is 10.4. The molecule has 0 atom stereocenters. The summed E-state index contributed by atoms with van der Waals surface area (Å²) in [7, 11) is 0. The second kappa shape index (κ2) is 6.70. The Morgan fingerprint density at radius 2 is 2.14 bits per heavy atom. The van der Waals surface area contributed by atoms with Gasteiger partial charge in [-0.05, 0) is 18.6 Å². The van der Waals surface area contributed by atoms with Gasteiger partial charge in [-0.3, -0.25) is 15.5 Å². The van der Waals surface area contributed by atoms with Crippen molar-refractivity contribution in [3.05, 3.63) is 50.7 Å². The van der Waals surface area contributed by atoms with E-state index in [9.17, 15) is 10.1 Å². The largest absolute Gasteiger partial charge is 0.322 e. The number of aryl methyl sites for hydroxylation is 1. The average Bonchev–Trinajstić information content (AvgIpc) is 2.45. The summed E-state index contributed by atoms with van der Waals surface area (Å²) in [5.41, 5.74) is 3.31. The van der Waals surface area contributed by atoms with Crippen LogP contribution in [-0.4, -0.2) is 14.9 Å². The van der Waals surface area contributed by atoms with E-state index in [2.05, 4.69) is 15.4 Å². The monoisotopic (exact) mass is 325 g/mol. The first-order chi connectivity index (χ1) is 10.0. The highest BCUT2D eigenvalue weighted by Crippen LogP contribution is 2.33. The molecule has 1 heterocycles. The molecule has 110 valence electrons. The van der Waals surface area contributed by atoms with Gasteiger partial charge in [-0.1, -0.05) is 41.6 Å². The number of nitrogen functional groups attached to an aromatic ring is 1. The molecule has 2 aromatic rings. The van der Waals surface area contributed by atoms with Crippen LogP contribution in [0.4, 0.5) is 11.6 Å². The first-order valence-electron chi connectivity index (χ1n) is 5.88. The quantitative estimate of drug-likeness (QED) is 0.286. The molecule has 0 fully saturated rings. The SMILES string of the molecule is Cc1nc(NN)nc(SCc2ccccc2Cl)c1[N+](=O)[O-]. The molecule has 0 unspecified atom stereocenters. The number of halogens is 1. The van der Waals surface area contributed by atoms with Crippen molar-refractivity contribution in [1.29, 1.82) is 0 Å². The molecule has 21 heavy (non-hydrogen) atoms. The number of hydrogen-bond donors (Lipinski definition) is 2. The van der Waals surface area contributed by atoms with Crippen LogP contribution in [0, 0.1) is 17.0 Å². The molecule has 0 aliphatic heterocycles. The summed E-state index contributed by atoms with van der Waals surface area (Å²) >= 11 is 7.28. The highest BCUT2D eigenvalue weighted by atomic mass is 35.5. The molecule has 7 nitrogen and oxygen atoms in total. The fraction of sp³-hybridized carbons (Fsp3) is 0.167. The van der Waals surface area contributed by atoms with Crippen LogP contribution >= 0.6 is 23.4 Å². The maximum Gasteiger partial charge on any atom is 0.322 e. The molecule has 3 N–H and O–H groups in total. The maximum absolute atomic E-state index is 11.2. The van der Waals surface area contributed by atoms with E-state index >= 15 is 0 Å². The maximum atomic E-state index is 11.2. The zero-order valence-corrected chi connectivity index (χ0v) is 12.6. The van der Waals surface area contributed by atoms with E-state index in [4.69, 9.17) is 17.4 Å². The molecular weight excluding hydrogens is 314 g/mol. The number of anilines is 1. The Balaban J connectivity index is 2.32. The summed E-state index contributed by atoms with van der Waals surface area (Å²) in [6.07, 6.45) is 0. The molecule has 2 rings (SSSR count). The van der Waals surface area contributed by atoms with Crippen molar-refractivity contribution in [2.24, 2.45) is 5.84 Å². The number of aromatic nitrogens is 2. The van der Waals surface area contributed by atoms with E-state index in [0.29, 0.717) is 10.8 Å². The van der Waals surface area contributed by atoms with Gasteiger partial charge in [0, 0.05) is 10.8 Å². The van der Waals surface area contributed by atoms with Crippen LogP contribution in [0.1, 0.15) is 11.3 Å². The summed E-state index contributed by atoms with van der Waals surface area (Å²) in [6, 6.07) is 7.31. The molecule has 0 aliphatic rings. The van der Waals surface area contributed by atoms with E-state index in [1.54, 1.807) is 13.0 Å². The lowest BCUT2D eigenvalue weighted by Crippen LogP contribution is -2.12. The van der Waals surface area contributed by atoms with Crippen molar-refractivity contribution >= 4 is 35.0 Å². The van der Waals surface area contributed by atoms with Gasteiger partial charge in [-0.15, -0.1) is 0 Å². The van der Waals surface area contributed by atoms with E-state index in [-0.39, 0.29) is 22.4 Å². The average molecular weight is 326 g/mol. The predicted octanol–water partition coefficient (Wildman–Crippen LogP) is 2.92. The van der Waals surface area contributed by atoms with Crippen LogP contribution in [0.3, 0.4) is 0 Å². The number of benzene rings is 1. The topological polar surface area (TPSA) is 107 Å². The van der Waals surface area contributed by atoms with Crippen LogP contribution in [0.5, 0.6) is 0 Å². The molecule has 0 radical (unpaired) electrons. The minimum Gasteiger partial charge on any atom is -0.292 e. The Kier molecular flexibility index (Phi) is 4.94. The lowest BCUT2D eigenvalue weighted by Gasteiger charge is -2.07. The third-order valence-electron chi connectivity index (χ3n) is 2.66. The van der Waals surface area contributed by atoms with Gasteiger partial charge < -0.3 is 0 Å². The molecule has 0 amide bonds. The number of nitrogens with one attached hydrogen (secondary N) is 1. The molecule has 0 saturated heterocycles. The summed E-state index contributed by atoms with van der Waals surface area (Å²) < 4.78 is 0. The standard InChI is InChI=1S/C12H12ClN5O2S/c1-7-10(18(19)20)11(16-12(15-7)17-14)21-6-8-4-2-3-5-9(8)13/h2-5H,6,14H2,1H3,(H,15,16,17). The summed E-state index contributed by atoms with van der Waals surface area (Å²) in [5, 5.41) is 12.0. The van der Waals surface area contributed by atoms with Gasteiger partial charge in [0.15, 0.2) is 5.03 Å². The highest BCUT2D eigenvalue weighted by Gasteiger charge is 2.22. The van der Waals surface area contributed by atoms with Gasteiger partial charge in [0.1, 0.15) is 5.69 Å². The number of nitrogens with two attached hydrogens (primary N) is 1. The van der Waals surface area contributed by atoms with Gasteiger partial charge in [-0.2, -0.15) is 4.98 Å². The number of nitro groups is 1. The number of rotatable bonds is 5. The molecule has 0 spiro atoms. The molecule has 0 aliphatic carbocycles. The molecule has 0 bridgehead atoms. The summed E-state index contributed by atoms with van der Waals surface area (Å²) in [6.45, 7) is 1.54. The van der Waals surface area contributed by atoms with Gasteiger partial charge in [0.05, 0.1) is 4.92 Å². The van der Waals surface area contributed by atoms with Crippen LogP contribution in [-0.2, 0) is 5.75 Å². The van der Waals surface area contributed by atoms with Crippen LogP contribution < -0.4 is 11.3 Å². The number of thioether (sulfide) groups is 1. The zero-order chi connectivity index (χ0) is 15.4. The molecule has 1 aromatic carbocycles. The lowest BCUT2D eigenvalue weighted by molar-refractivity contribution is -0.389.